The quantitative estimate of drug-likeness (QED) is 0.561. The number of hydrogen-bond acceptors (Lipinski definition) is 2. The van der Waals surface area contributed by atoms with Gasteiger partial charge in [0.25, 0.3) is 5.91 Å². The standard InChI is InChI=1S/C22H17FN3O.Y/c23-17-15-13(10-24-18(17)12-4-2-1-3-5-12)6-7-14-16-20(26-19(14)15)22(8-9-22)11-25-21(16)27;/h2-5,10,26H,6-9,11H2,(H,25,27);/q-1;. The van der Waals surface area contributed by atoms with Crippen molar-refractivity contribution in [2.75, 3.05) is 6.54 Å². The fourth-order valence-electron chi connectivity index (χ4n) is 4.64. The molecule has 1 spiro atoms. The van der Waals surface area contributed by atoms with Gasteiger partial charge in [-0.25, -0.2) is 4.39 Å². The summed E-state index contributed by atoms with van der Waals surface area (Å²) in [5.74, 6) is -0.347. The largest absolute Gasteiger partial charge is 0.357 e. The minimum Gasteiger partial charge on any atom is -0.357 e. The van der Waals surface area contributed by atoms with Crippen molar-refractivity contribution in [1.29, 1.82) is 0 Å². The maximum absolute atomic E-state index is 15.6. The first-order valence-corrected chi connectivity index (χ1v) is 9.36. The Balaban J connectivity index is 0.00000171. The summed E-state index contributed by atoms with van der Waals surface area (Å²) in [7, 11) is 0. The van der Waals surface area contributed by atoms with Gasteiger partial charge in [0, 0.05) is 62.1 Å². The Morgan fingerprint density at radius 1 is 1.14 bits per heavy atom. The maximum Gasteiger partial charge on any atom is 0.253 e. The van der Waals surface area contributed by atoms with Crippen molar-refractivity contribution >= 4 is 5.91 Å². The number of nitrogens with one attached hydrogen (secondary N) is 2. The Bertz CT molecular complexity index is 1120. The smallest absolute Gasteiger partial charge is 0.253 e. The molecule has 3 aromatic rings. The molecule has 137 valence electrons. The number of benzene rings is 1. The van der Waals surface area contributed by atoms with Crippen LogP contribution < -0.4 is 5.32 Å². The Morgan fingerprint density at radius 3 is 2.68 bits per heavy atom. The van der Waals surface area contributed by atoms with Crippen molar-refractivity contribution < 1.29 is 41.9 Å². The molecule has 6 rings (SSSR count). The second-order valence-corrected chi connectivity index (χ2v) is 7.80. The average Bonchev–Trinajstić information content (AvgIpc) is 3.36. The van der Waals surface area contributed by atoms with Gasteiger partial charge in [-0.05, 0) is 36.8 Å². The van der Waals surface area contributed by atoms with Crippen LogP contribution in [0.15, 0.2) is 30.5 Å². The number of aryl methyl sites for hydroxylation is 1. The van der Waals surface area contributed by atoms with Crippen molar-refractivity contribution in [2.24, 2.45) is 0 Å². The molecule has 0 unspecified atom stereocenters. The number of carbonyl (C=O) groups is 1. The van der Waals surface area contributed by atoms with Crippen LogP contribution in [0.25, 0.3) is 22.5 Å². The van der Waals surface area contributed by atoms with E-state index in [1.54, 1.807) is 18.3 Å². The molecule has 3 aliphatic rings. The number of hydrogen-bond donors (Lipinski definition) is 2. The molecular weight excluding hydrogens is 430 g/mol. The second kappa shape index (κ2) is 6.33. The summed E-state index contributed by atoms with van der Waals surface area (Å²) in [5.41, 5.74) is 6.07. The number of rotatable bonds is 1. The van der Waals surface area contributed by atoms with Gasteiger partial charge in [0.05, 0.1) is 17.0 Å². The van der Waals surface area contributed by atoms with E-state index in [0.717, 1.165) is 52.9 Å². The SMILES string of the molecule is O=C1NCC2(CC2)c2[nH]c3c(c21)CCc1cnc(-c2cc[c-]cc2)c(F)c1-3.[Y]. The summed E-state index contributed by atoms with van der Waals surface area (Å²) in [5, 5.41) is 3.03. The number of H-pyrrole nitrogens is 1. The molecule has 0 saturated heterocycles. The molecule has 1 amide bonds. The third kappa shape index (κ3) is 2.42. The molecule has 2 N–H and O–H groups in total. The van der Waals surface area contributed by atoms with Gasteiger partial charge in [-0.15, -0.1) is 5.56 Å². The van der Waals surface area contributed by atoms with E-state index in [4.69, 9.17) is 0 Å². The van der Waals surface area contributed by atoms with Crippen LogP contribution in [0.2, 0.25) is 0 Å². The van der Waals surface area contributed by atoms with Crippen molar-refractivity contribution in [3.63, 3.8) is 0 Å². The van der Waals surface area contributed by atoms with E-state index in [1.807, 2.05) is 12.1 Å². The van der Waals surface area contributed by atoms with E-state index < -0.39 is 0 Å². The fraction of sp³-hybridized carbons (Fsp3) is 0.273. The van der Waals surface area contributed by atoms with Crippen LogP contribution in [0.5, 0.6) is 0 Å². The number of aromatic nitrogens is 2. The molecule has 4 nitrogen and oxygen atoms in total. The third-order valence-electron chi connectivity index (χ3n) is 6.29. The van der Waals surface area contributed by atoms with Crippen LogP contribution in [0.3, 0.4) is 0 Å². The van der Waals surface area contributed by atoms with Crippen molar-refractivity contribution in [1.82, 2.24) is 15.3 Å². The van der Waals surface area contributed by atoms with Crippen LogP contribution in [0.4, 0.5) is 4.39 Å². The van der Waals surface area contributed by atoms with Crippen LogP contribution in [0, 0.1) is 11.9 Å². The molecule has 2 aliphatic carbocycles. The summed E-state index contributed by atoms with van der Waals surface area (Å²) in [6, 6.07) is 10.1. The van der Waals surface area contributed by atoms with Crippen LogP contribution >= 0.6 is 0 Å². The minimum absolute atomic E-state index is 0. The summed E-state index contributed by atoms with van der Waals surface area (Å²) in [6.45, 7) is 0.676. The van der Waals surface area contributed by atoms with E-state index in [-0.39, 0.29) is 49.8 Å². The Labute approximate surface area is 187 Å². The van der Waals surface area contributed by atoms with E-state index >= 15 is 4.39 Å². The maximum atomic E-state index is 15.6. The van der Waals surface area contributed by atoms with E-state index in [2.05, 4.69) is 21.4 Å². The molecule has 1 saturated carbocycles. The van der Waals surface area contributed by atoms with Gasteiger partial charge in [0.15, 0.2) is 5.82 Å². The number of halogens is 1. The average molecular weight is 447 g/mol. The first-order valence-electron chi connectivity index (χ1n) is 9.36. The zero-order valence-electron chi connectivity index (χ0n) is 15.2. The van der Waals surface area contributed by atoms with Gasteiger partial charge < -0.3 is 10.3 Å². The number of nitrogens with zero attached hydrogens (tertiary/aromatic N) is 1. The molecule has 1 aromatic carbocycles. The summed E-state index contributed by atoms with van der Waals surface area (Å²) < 4.78 is 15.6. The monoisotopic (exact) mass is 447 g/mol. The van der Waals surface area contributed by atoms with Crippen molar-refractivity contribution in [3.05, 3.63) is 64.7 Å². The second-order valence-electron chi connectivity index (χ2n) is 7.80. The topological polar surface area (TPSA) is 57.8 Å². The van der Waals surface area contributed by atoms with Gasteiger partial charge >= 0.3 is 0 Å². The number of aromatic amines is 1. The predicted molar refractivity (Wildman–Crippen MR) is 98.9 cm³/mol. The Kier molecular flexibility index (Phi) is 4.11. The molecule has 1 fully saturated rings. The number of pyridine rings is 1. The molecular formula is C22H17FN3OY-. The molecule has 3 heterocycles. The molecule has 1 radical (unpaired) electrons. The summed E-state index contributed by atoms with van der Waals surface area (Å²) >= 11 is 0. The Hall–Kier alpha value is -1.85. The van der Waals surface area contributed by atoms with Crippen molar-refractivity contribution in [2.45, 2.75) is 31.1 Å². The van der Waals surface area contributed by atoms with Gasteiger partial charge in [-0.3, -0.25) is 9.78 Å². The first kappa shape index (κ1) is 18.2. The zero-order valence-corrected chi connectivity index (χ0v) is 18.1. The summed E-state index contributed by atoms with van der Waals surface area (Å²) in [6.07, 6.45) is 5.34. The molecule has 28 heavy (non-hydrogen) atoms. The minimum atomic E-state index is -0.316. The van der Waals surface area contributed by atoms with Crippen LogP contribution in [-0.4, -0.2) is 22.4 Å². The van der Waals surface area contributed by atoms with Crippen LogP contribution in [0.1, 0.15) is 40.0 Å². The third-order valence-corrected chi connectivity index (χ3v) is 6.29. The molecule has 0 bridgehead atoms. The predicted octanol–water partition coefficient (Wildman–Crippen LogP) is 3.55. The van der Waals surface area contributed by atoms with E-state index in [0.29, 0.717) is 24.2 Å². The van der Waals surface area contributed by atoms with Crippen molar-refractivity contribution in [3.8, 4) is 22.5 Å². The molecule has 1 aliphatic heterocycles. The first-order chi connectivity index (χ1) is 13.2. The van der Waals surface area contributed by atoms with E-state index in [1.165, 1.54) is 0 Å². The van der Waals surface area contributed by atoms with Gasteiger partial charge in [-0.2, -0.15) is 30.3 Å². The normalized spacial score (nSPS) is 17.8. The number of amides is 1. The molecule has 2 aromatic heterocycles. The van der Waals surface area contributed by atoms with Gasteiger partial charge in [0.1, 0.15) is 0 Å². The molecule has 6 heteroatoms. The zero-order chi connectivity index (χ0) is 18.2. The van der Waals surface area contributed by atoms with Gasteiger partial charge in [-0.1, -0.05) is 0 Å². The number of carbonyl (C=O) groups excluding carboxylic acids is 1. The van der Waals surface area contributed by atoms with Gasteiger partial charge in [0.2, 0.25) is 0 Å². The van der Waals surface area contributed by atoms with Crippen LogP contribution in [-0.2, 0) is 51.0 Å². The van der Waals surface area contributed by atoms with E-state index in [9.17, 15) is 4.79 Å². The fourth-order valence-corrected chi connectivity index (χ4v) is 4.64. The Morgan fingerprint density at radius 2 is 1.93 bits per heavy atom. The molecule has 0 atom stereocenters. The summed E-state index contributed by atoms with van der Waals surface area (Å²) in [4.78, 5) is 20.4. The number of fused-ring (bicyclic) bond motifs is 6.